The number of rotatable bonds is 7. The minimum absolute atomic E-state index is 0.00931. The lowest BCUT2D eigenvalue weighted by Gasteiger charge is -2.11. The molecule has 2 aromatic carbocycles. The third kappa shape index (κ3) is 3.79. The molecule has 1 unspecified atom stereocenters. The fraction of sp³-hybridized carbons (Fsp3) is 0.217. The first-order valence-corrected chi connectivity index (χ1v) is 9.42. The third-order valence-electron chi connectivity index (χ3n) is 4.68. The van der Waals surface area contributed by atoms with Crippen LogP contribution in [0.1, 0.15) is 6.92 Å². The van der Waals surface area contributed by atoms with E-state index in [1.165, 1.54) is 6.33 Å². The Hall–Kier alpha value is -3.38. The molecule has 6 nitrogen and oxygen atoms in total. The second-order valence-electron chi connectivity index (χ2n) is 6.86. The Balaban J connectivity index is 1.92. The topological polar surface area (TPSA) is 77.6 Å². The van der Waals surface area contributed by atoms with Crippen LogP contribution in [0.4, 0.5) is 0 Å². The summed E-state index contributed by atoms with van der Waals surface area (Å²) in [5.41, 5.74) is 3.20. The average Bonchev–Trinajstić information content (AvgIpc) is 3.18. The van der Waals surface area contributed by atoms with E-state index in [0.29, 0.717) is 29.3 Å². The van der Waals surface area contributed by atoms with Crippen LogP contribution < -0.4 is 9.47 Å². The molecule has 0 bridgehead atoms. The summed E-state index contributed by atoms with van der Waals surface area (Å²) >= 11 is 0. The van der Waals surface area contributed by atoms with Crippen LogP contribution in [0.2, 0.25) is 0 Å². The van der Waals surface area contributed by atoms with Gasteiger partial charge in [-0.15, -0.1) is 0 Å². The Morgan fingerprint density at radius 3 is 2.45 bits per heavy atom. The Morgan fingerprint density at radius 2 is 1.76 bits per heavy atom. The van der Waals surface area contributed by atoms with Crippen molar-refractivity contribution >= 4 is 11.1 Å². The van der Waals surface area contributed by atoms with Gasteiger partial charge in [-0.25, -0.2) is 9.97 Å². The summed E-state index contributed by atoms with van der Waals surface area (Å²) in [4.78, 5) is 8.66. The van der Waals surface area contributed by atoms with Crippen LogP contribution in [-0.2, 0) is 0 Å². The van der Waals surface area contributed by atoms with Crippen LogP contribution in [0.25, 0.3) is 33.6 Å². The van der Waals surface area contributed by atoms with E-state index in [9.17, 15) is 5.11 Å². The number of hydrogen-bond acceptors (Lipinski definition) is 6. The lowest BCUT2D eigenvalue weighted by molar-refractivity contribution is 0.172. The number of methoxy groups -OCH3 is 1. The van der Waals surface area contributed by atoms with Crippen molar-refractivity contribution in [2.45, 2.75) is 6.92 Å². The first kappa shape index (κ1) is 19.0. The molecule has 148 valence electrons. The molecule has 0 aliphatic carbocycles. The summed E-state index contributed by atoms with van der Waals surface area (Å²) in [5, 5.41) is 10.0. The minimum Gasteiger partial charge on any atom is -0.497 e. The second kappa shape index (κ2) is 8.32. The predicted octanol–water partition coefficient (Wildman–Crippen LogP) is 4.57. The van der Waals surface area contributed by atoms with Crippen molar-refractivity contribution < 1.29 is 19.0 Å². The molecule has 2 heterocycles. The zero-order valence-corrected chi connectivity index (χ0v) is 16.3. The molecule has 0 saturated carbocycles. The molecule has 0 radical (unpaired) electrons. The van der Waals surface area contributed by atoms with Crippen molar-refractivity contribution in [2.75, 3.05) is 20.3 Å². The number of furan rings is 1. The lowest BCUT2D eigenvalue weighted by atomic mass is 9.99. The maximum atomic E-state index is 9.32. The monoisotopic (exact) mass is 390 g/mol. The number of hydrogen-bond donors (Lipinski definition) is 1. The highest BCUT2D eigenvalue weighted by atomic mass is 16.5. The first-order chi connectivity index (χ1) is 14.2. The van der Waals surface area contributed by atoms with Gasteiger partial charge in [0.1, 0.15) is 23.2 Å². The lowest BCUT2D eigenvalue weighted by Crippen LogP contribution is -2.13. The fourth-order valence-corrected chi connectivity index (χ4v) is 3.12. The first-order valence-electron chi connectivity index (χ1n) is 9.42. The van der Waals surface area contributed by atoms with Gasteiger partial charge < -0.3 is 19.0 Å². The second-order valence-corrected chi connectivity index (χ2v) is 6.86. The van der Waals surface area contributed by atoms with Crippen molar-refractivity contribution in [3.05, 3.63) is 60.9 Å². The molecular weight excluding hydrogens is 368 g/mol. The number of aliphatic hydroxyl groups excluding tert-OH is 1. The molecule has 0 saturated heterocycles. The zero-order valence-electron chi connectivity index (χ0n) is 16.3. The van der Waals surface area contributed by atoms with Gasteiger partial charge in [-0.05, 0) is 17.7 Å². The number of aromatic nitrogens is 2. The standard InChI is InChI=1S/C23H22N2O4/c1-15(12-26)13-28-22-20-19(16-8-10-18(27-2)11-9-16)21(17-6-4-3-5-7-17)29-23(20)25-14-24-22/h3-11,14-15,26H,12-13H2,1-2H3. The molecule has 6 heteroatoms. The summed E-state index contributed by atoms with van der Waals surface area (Å²) in [5.74, 6) is 1.90. The molecule has 2 aromatic heterocycles. The summed E-state index contributed by atoms with van der Waals surface area (Å²) in [6, 6.07) is 17.6. The van der Waals surface area contributed by atoms with Gasteiger partial charge in [0.05, 0.1) is 13.7 Å². The van der Waals surface area contributed by atoms with E-state index in [-0.39, 0.29) is 12.5 Å². The maximum absolute atomic E-state index is 9.32. The molecule has 0 spiro atoms. The Bertz CT molecular complexity index is 1090. The van der Waals surface area contributed by atoms with Gasteiger partial charge in [0, 0.05) is 23.7 Å². The molecule has 0 fully saturated rings. The van der Waals surface area contributed by atoms with Gasteiger partial charge in [0.25, 0.3) is 0 Å². The predicted molar refractivity (Wildman–Crippen MR) is 111 cm³/mol. The van der Waals surface area contributed by atoms with E-state index in [2.05, 4.69) is 9.97 Å². The summed E-state index contributed by atoms with van der Waals surface area (Å²) in [6.45, 7) is 2.30. The van der Waals surface area contributed by atoms with Gasteiger partial charge >= 0.3 is 0 Å². The normalized spacial score (nSPS) is 12.1. The summed E-state index contributed by atoms with van der Waals surface area (Å²) in [6.07, 6.45) is 1.43. The van der Waals surface area contributed by atoms with Crippen LogP contribution in [0.3, 0.4) is 0 Å². The molecule has 1 N–H and O–H groups in total. The SMILES string of the molecule is COc1ccc(-c2c(-c3ccccc3)oc3ncnc(OCC(C)CO)c23)cc1. The van der Waals surface area contributed by atoms with Crippen molar-refractivity contribution in [1.29, 1.82) is 0 Å². The molecule has 4 aromatic rings. The summed E-state index contributed by atoms with van der Waals surface area (Å²) in [7, 11) is 1.64. The van der Waals surface area contributed by atoms with E-state index in [4.69, 9.17) is 13.9 Å². The van der Waals surface area contributed by atoms with E-state index in [0.717, 1.165) is 22.4 Å². The molecule has 0 aliphatic rings. The molecule has 1 atom stereocenters. The quantitative estimate of drug-likeness (QED) is 0.498. The van der Waals surface area contributed by atoms with E-state index in [1.807, 2.05) is 61.5 Å². The van der Waals surface area contributed by atoms with Gasteiger partial charge in [0.15, 0.2) is 0 Å². The number of aliphatic hydroxyl groups is 1. The zero-order chi connectivity index (χ0) is 20.2. The van der Waals surface area contributed by atoms with E-state index >= 15 is 0 Å². The largest absolute Gasteiger partial charge is 0.497 e. The minimum atomic E-state index is -0.00931. The Labute approximate surface area is 168 Å². The number of ether oxygens (including phenoxy) is 2. The average molecular weight is 390 g/mol. The fourth-order valence-electron chi connectivity index (χ4n) is 3.12. The molecule has 0 aliphatic heterocycles. The highest BCUT2D eigenvalue weighted by Gasteiger charge is 2.23. The molecule has 4 rings (SSSR count). The van der Waals surface area contributed by atoms with Crippen LogP contribution >= 0.6 is 0 Å². The highest BCUT2D eigenvalue weighted by Crippen LogP contribution is 2.43. The molecular formula is C23H22N2O4. The Kier molecular flexibility index (Phi) is 5.44. The van der Waals surface area contributed by atoms with Gasteiger partial charge in [-0.1, -0.05) is 49.4 Å². The van der Waals surface area contributed by atoms with Crippen LogP contribution in [0.15, 0.2) is 65.3 Å². The van der Waals surface area contributed by atoms with Crippen LogP contribution in [0.5, 0.6) is 11.6 Å². The summed E-state index contributed by atoms with van der Waals surface area (Å²) < 4.78 is 17.4. The highest BCUT2D eigenvalue weighted by molar-refractivity contribution is 6.03. The number of benzene rings is 2. The van der Waals surface area contributed by atoms with Crippen molar-refractivity contribution in [3.8, 4) is 34.1 Å². The van der Waals surface area contributed by atoms with E-state index < -0.39 is 0 Å². The smallest absolute Gasteiger partial charge is 0.234 e. The van der Waals surface area contributed by atoms with Gasteiger partial charge in [0.2, 0.25) is 11.6 Å². The number of fused-ring (bicyclic) bond motifs is 1. The van der Waals surface area contributed by atoms with Crippen LogP contribution in [-0.4, -0.2) is 35.4 Å². The van der Waals surface area contributed by atoms with Gasteiger partial charge in [-0.2, -0.15) is 0 Å². The van der Waals surface area contributed by atoms with Gasteiger partial charge in [-0.3, -0.25) is 0 Å². The van der Waals surface area contributed by atoms with Crippen molar-refractivity contribution in [3.63, 3.8) is 0 Å². The number of nitrogens with zero attached hydrogens (tertiary/aromatic N) is 2. The Morgan fingerprint density at radius 1 is 1.00 bits per heavy atom. The van der Waals surface area contributed by atoms with E-state index in [1.54, 1.807) is 7.11 Å². The molecule has 29 heavy (non-hydrogen) atoms. The molecule has 0 amide bonds. The van der Waals surface area contributed by atoms with Crippen molar-refractivity contribution in [2.24, 2.45) is 5.92 Å². The van der Waals surface area contributed by atoms with Crippen molar-refractivity contribution in [1.82, 2.24) is 9.97 Å². The maximum Gasteiger partial charge on any atom is 0.234 e. The third-order valence-corrected chi connectivity index (χ3v) is 4.68. The van der Waals surface area contributed by atoms with Crippen LogP contribution in [0, 0.1) is 5.92 Å².